The largest absolute Gasteiger partial charge is 0.378 e. The van der Waals surface area contributed by atoms with Gasteiger partial charge in [0.25, 0.3) is 0 Å². The molecule has 0 aromatic carbocycles. The summed E-state index contributed by atoms with van der Waals surface area (Å²) in [4.78, 5) is 40.4. The zero-order valence-electron chi connectivity index (χ0n) is 20.5. The Morgan fingerprint density at radius 1 is 1.11 bits per heavy atom. The van der Waals surface area contributed by atoms with Crippen LogP contribution >= 0.6 is 0 Å². The second-order valence-electron chi connectivity index (χ2n) is 10.4. The van der Waals surface area contributed by atoms with Gasteiger partial charge in [-0.05, 0) is 26.8 Å². The average molecular weight is 480 g/mol. The summed E-state index contributed by atoms with van der Waals surface area (Å²) in [5, 5.41) is 0. The van der Waals surface area contributed by atoms with Gasteiger partial charge in [0.2, 0.25) is 17.8 Å². The summed E-state index contributed by atoms with van der Waals surface area (Å²) >= 11 is 0. The van der Waals surface area contributed by atoms with Crippen LogP contribution in [0.1, 0.15) is 18.9 Å². The van der Waals surface area contributed by atoms with Crippen molar-refractivity contribution >= 4 is 23.6 Å². The molecule has 0 saturated carbocycles. The lowest BCUT2D eigenvalue weighted by Crippen LogP contribution is -2.54. The molecule has 186 valence electrons. The topological polar surface area (TPSA) is 117 Å². The van der Waals surface area contributed by atoms with Crippen molar-refractivity contribution in [2.24, 2.45) is 5.92 Å². The number of aromatic nitrogens is 4. The van der Waals surface area contributed by atoms with Crippen LogP contribution in [-0.4, -0.2) is 107 Å². The monoisotopic (exact) mass is 479 g/mol. The first-order chi connectivity index (χ1) is 16.9. The van der Waals surface area contributed by atoms with Gasteiger partial charge in [0.1, 0.15) is 5.82 Å². The van der Waals surface area contributed by atoms with E-state index in [1.165, 1.54) is 0 Å². The summed E-state index contributed by atoms with van der Waals surface area (Å²) < 4.78 is 5.55. The van der Waals surface area contributed by atoms with Gasteiger partial charge in [-0.2, -0.15) is 4.98 Å². The molecule has 0 unspecified atom stereocenters. The fourth-order valence-corrected chi connectivity index (χ4v) is 5.84. The molecule has 2 N–H and O–H groups in total. The van der Waals surface area contributed by atoms with Gasteiger partial charge >= 0.3 is 0 Å². The number of hydrogen-bond donors (Lipinski definition) is 1. The maximum Gasteiger partial charge on any atom is 0.228 e. The number of likely N-dealkylation sites (tertiary alicyclic amines) is 2. The van der Waals surface area contributed by atoms with Gasteiger partial charge in [0, 0.05) is 69.3 Å². The Balaban J connectivity index is 1.33. The second-order valence-corrected chi connectivity index (χ2v) is 10.4. The molecule has 0 aliphatic carbocycles. The molecule has 11 nitrogen and oxygen atoms in total. The zero-order chi connectivity index (χ0) is 24.2. The molecule has 0 radical (unpaired) electrons. The van der Waals surface area contributed by atoms with Crippen LogP contribution in [0.25, 0.3) is 11.3 Å². The Bertz CT molecular complexity index is 1110. The van der Waals surface area contributed by atoms with Crippen LogP contribution in [0.15, 0.2) is 12.4 Å². The highest BCUT2D eigenvalue weighted by Gasteiger charge is 2.46. The molecule has 3 fully saturated rings. The van der Waals surface area contributed by atoms with E-state index in [9.17, 15) is 4.79 Å². The van der Waals surface area contributed by atoms with Crippen LogP contribution in [0.4, 0.5) is 17.7 Å². The van der Waals surface area contributed by atoms with E-state index in [0.717, 1.165) is 81.3 Å². The van der Waals surface area contributed by atoms with Gasteiger partial charge in [0.15, 0.2) is 0 Å². The van der Waals surface area contributed by atoms with Crippen LogP contribution in [0.3, 0.4) is 0 Å². The maximum absolute atomic E-state index is 13.1. The first kappa shape index (κ1) is 22.4. The first-order valence-electron chi connectivity index (χ1n) is 12.5. The van der Waals surface area contributed by atoms with Gasteiger partial charge in [0.05, 0.1) is 30.4 Å². The van der Waals surface area contributed by atoms with E-state index in [-0.39, 0.29) is 17.4 Å². The van der Waals surface area contributed by atoms with E-state index in [4.69, 9.17) is 20.4 Å². The number of amides is 1. The summed E-state index contributed by atoms with van der Waals surface area (Å²) in [5.74, 6) is 2.35. The van der Waals surface area contributed by atoms with Gasteiger partial charge in [-0.1, -0.05) is 0 Å². The SMILES string of the molecule is CN1CC(C(=O)N2CC[C@](C)(N3CCc4c(-c5cnc(N)nc5)nc(N5CCOCC5)nc43)C2)C1. The summed E-state index contributed by atoms with van der Waals surface area (Å²) in [6.07, 6.45) is 5.25. The number of rotatable bonds is 4. The number of carbonyl (C=O) groups is 1. The minimum absolute atomic E-state index is 0.139. The molecule has 2 aromatic heterocycles. The van der Waals surface area contributed by atoms with Crippen molar-refractivity contribution < 1.29 is 9.53 Å². The average Bonchev–Trinajstić information content (AvgIpc) is 3.47. The predicted molar refractivity (Wildman–Crippen MR) is 132 cm³/mol. The second kappa shape index (κ2) is 8.56. The third-order valence-corrected chi connectivity index (χ3v) is 7.88. The van der Waals surface area contributed by atoms with E-state index in [2.05, 4.69) is 43.5 Å². The standard InChI is InChI=1S/C24H33N9O2/c1-24(4-6-32(15-24)21(34)17-13-30(2)14-17)33-5-3-18-19(16-11-26-22(25)27-12-16)28-23(29-20(18)33)31-7-9-35-10-8-31/h11-12,17H,3-10,13-15H2,1-2H3,(H2,25,26,27)/t24-/m0/s1. The molecule has 6 heterocycles. The number of nitrogens with two attached hydrogens (primary N) is 1. The van der Waals surface area contributed by atoms with Crippen LogP contribution in [-0.2, 0) is 16.0 Å². The molecule has 1 atom stereocenters. The van der Waals surface area contributed by atoms with Crippen LogP contribution in [0, 0.1) is 5.92 Å². The highest BCUT2D eigenvalue weighted by atomic mass is 16.5. The van der Waals surface area contributed by atoms with E-state index in [0.29, 0.717) is 25.1 Å². The molecular weight excluding hydrogens is 446 g/mol. The number of nitrogen functional groups attached to an aromatic ring is 1. The summed E-state index contributed by atoms with van der Waals surface area (Å²) in [7, 11) is 2.06. The zero-order valence-corrected chi connectivity index (χ0v) is 20.5. The number of morpholine rings is 1. The lowest BCUT2D eigenvalue weighted by Gasteiger charge is -2.39. The molecule has 3 saturated heterocycles. The Morgan fingerprint density at radius 3 is 2.57 bits per heavy atom. The van der Waals surface area contributed by atoms with Gasteiger partial charge in [-0.25, -0.2) is 15.0 Å². The van der Waals surface area contributed by atoms with Crippen molar-refractivity contribution in [1.82, 2.24) is 29.7 Å². The molecule has 2 aromatic rings. The highest BCUT2D eigenvalue weighted by molar-refractivity contribution is 5.81. The smallest absolute Gasteiger partial charge is 0.228 e. The molecule has 11 heteroatoms. The lowest BCUT2D eigenvalue weighted by molar-refractivity contribution is -0.139. The normalized spacial score (nSPS) is 25.1. The predicted octanol–water partition coefficient (Wildman–Crippen LogP) is 0.268. The fourth-order valence-electron chi connectivity index (χ4n) is 5.84. The molecule has 4 aliphatic heterocycles. The number of ether oxygens (including phenoxy) is 1. The Hall–Kier alpha value is -3.05. The lowest BCUT2D eigenvalue weighted by atomic mass is 9.98. The first-order valence-corrected chi connectivity index (χ1v) is 12.5. The molecule has 0 spiro atoms. The fraction of sp³-hybridized carbons (Fsp3) is 0.625. The van der Waals surface area contributed by atoms with Gasteiger partial charge < -0.3 is 30.1 Å². The maximum atomic E-state index is 13.1. The molecular formula is C24H33N9O2. The Kier molecular flexibility index (Phi) is 5.48. The van der Waals surface area contributed by atoms with Crippen LogP contribution in [0.5, 0.6) is 0 Å². The third-order valence-electron chi connectivity index (χ3n) is 7.88. The molecule has 35 heavy (non-hydrogen) atoms. The van der Waals surface area contributed by atoms with Crippen molar-refractivity contribution in [3.8, 4) is 11.3 Å². The van der Waals surface area contributed by atoms with E-state index in [1.54, 1.807) is 12.4 Å². The van der Waals surface area contributed by atoms with Crippen molar-refractivity contribution in [3.63, 3.8) is 0 Å². The van der Waals surface area contributed by atoms with Crippen molar-refractivity contribution in [2.75, 3.05) is 81.6 Å². The van der Waals surface area contributed by atoms with Crippen LogP contribution in [0.2, 0.25) is 0 Å². The Labute approximate surface area is 205 Å². The number of nitrogens with zero attached hydrogens (tertiary/aromatic N) is 8. The minimum Gasteiger partial charge on any atom is -0.378 e. The van der Waals surface area contributed by atoms with Crippen LogP contribution < -0.4 is 15.5 Å². The van der Waals surface area contributed by atoms with Crippen molar-refractivity contribution in [2.45, 2.75) is 25.3 Å². The summed E-state index contributed by atoms with van der Waals surface area (Å²) in [6, 6.07) is 0. The summed E-state index contributed by atoms with van der Waals surface area (Å²) in [5.41, 5.74) is 8.41. The van der Waals surface area contributed by atoms with Gasteiger partial charge in [-0.15, -0.1) is 0 Å². The number of carbonyl (C=O) groups excluding carboxylic acids is 1. The minimum atomic E-state index is -0.165. The molecule has 4 aliphatic rings. The van der Waals surface area contributed by atoms with Gasteiger partial charge in [-0.3, -0.25) is 4.79 Å². The molecule has 1 amide bonds. The van der Waals surface area contributed by atoms with E-state index >= 15 is 0 Å². The number of fused-ring (bicyclic) bond motifs is 1. The molecule has 0 bridgehead atoms. The Morgan fingerprint density at radius 2 is 1.86 bits per heavy atom. The highest BCUT2D eigenvalue weighted by Crippen LogP contribution is 2.41. The van der Waals surface area contributed by atoms with Crippen molar-refractivity contribution in [3.05, 3.63) is 18.0 Å². The number of hydrogen-bond acceptors (Lipinski definition) is 10. The third kappa shape index (κ3) is 3.96. The van der Waals surface area contributed by atoms with Crippen molar-refractivity contribution in [1.29, 1.82) is 0 Å². The van der Waals surface area contributed by atoms with E-state index in [1.807, 2.05) is 0 Å². The number of anilines is 3. The quantitative estimate of drug-likeness (QED) is 0.655. The summed E-state index contributed by atoms with van der Waals surface area (Å²) in [6.45, 7) is 9.20. The molecule has 6 rings (SSSR count). The van der Waals surface area contributed by atoms with E-state index < -0.39 is 0 Å².